The van der Waals surface area contributed by atoms with Crippen molar-refractivity contribution in [2.75, 3.05) is 0 Å². The van der Waals surface area contributed by atoms with Gasteiger partial charge in [0, 0.05) is 49.0 Å². The number of hydrogen-bond donors (Lipinski definition) is 2. The lowest BCUT2D eigenvalue weighted by Crippen LogP contribution is -2.45. The summed E-state index contributed by atoms with van der Waals surface area (Å²) in [7, 11) is 0. The minimum atomic E-state index is -0.335. The number of fused-ring (bicyclic) bond motifs is 9. The Morgan fingerprint density at radius 2 is 1.18 bits per heavy atom. The van der Waals surface area contributed by atoms with E-state index in [0.717, 1.165) is 99.5 Å². The molecular weight excluding hydrogens is 631 g/mol. The fourth-order valence-corrected chi connectivity index (χ4v) is 7.78. The molecule has 6 heteroatoms. The van der Waals surface area contributed by atoms with Crippen LogP contribution in [-0.2, 0) is 0 Å². The normalized spacial score (nSPS) is 16.4. The third-order valence-corrected chi connectivity index (χ3v) is 10.2. The molecule has 7 aromatic carbocycles. The van der Waals surface area contributed by atoms with E-state index >= 15 is 0 Å². The highest BCUT2D eigenvalue weighted by atomic mass is 16.3. The van der Waals surface area contributed by atoms with Crippen molar-refractivity contribution in [1.29, 1.82) is 0 Å². The Morgan fingerprint density at radius 1 is 0.471 bits per heavy atom. The van der Waals surface area contributed by atoms with E-state index in [1.165, 1.54) is 0 Å². The number of hydrogen-bond acceptors (Lipinski definition) is 6. The number of rotatable bonds is 4. The zero-order chi connectivity index (χ0) is 33.5. The van der Waals surface area contributed by atoms with Gasteiger partial charge < -0.3 is 18.6 Å². The van der Waals surface area contributed by atoms with Crippen LogP contribution in [0.15, 0.2) is 170 Å². The highest BCUT2D eigenvalue weighted by Crippen LogP contribution is 2.40. The molecule has 11 rings (SSSR count). The lowest BCUT2D eigenvalue weighted by molar-refractivity contribution is 0.411. The van der Waals surface area contributed by atoms with Crippen LogP contribution in [0.2, 0.25) is 0 Å². The molecule has 2 N–H and O–H groups in total. The maximum atomic E-state index is 6.50. The molecule has 10 aromatic rings. The van der Waals surface area contributed by atoms with E-state index in [4.69, 9.17) is 18.2 Å². The van der Waals surface area contributed by atoms with Gasteiger partial charge in [0.15, 0.2) is 0 Å². The van der Waals surface area contributed by atoms with Crippen LogP contribution in [0.1, 0.15) is 29.0 Å². The molecule has 1 aliphatic rings. The Bertz CT molecular complexity index is 3000. The maximum Gasteiger partial charge on any atom is 0.143 e. The first-order chi connectivity index (χ1) is 25.2. The number of furan rings is 3. The second-order valence-corrected chi connectivity index (χ2v) is 13.2. The quantitative estimate of drug-likeness (QED) is 0.197. The topological polar surface area (TPSA) is 75.8 Å². The zero-order valence-electron chi connectivity index (χ0n) is 27.3. The molecule has 0 spiro atoms. The van der Waals surface area contributed by atoms with Gasteiger partial charge in [0.2, 0.25) is 0 Å². The molecule has 2 atom stereocenters. The van der Waals surface area contributed by atoms with Crippen molar-refractivity contribution in [3.05, 3.63) is 168 Å². The molecule has 0 bridgehead atoms. The molecule has 2 unspecified atom stereocenters. The Labute approximate surface area is 291 Å². The van der Waals surface area contributed by atoms with Crippen molar-refractivity contribution in [3.63, 3.8) is 0 Å². The van der Waals surface area contributed by atoms with Gasteiger partial charge in [-0.3, -0.25) is 5.32 Å². The molecular formula is C45H29N3O3. The maximum absolute atomic E-state index is 6.50. The monoisotopic (exact) mass is 659 g/mol. The largest absolute Gasteiger partial charge is 0.456 e. The molecule has 0 amide bonds. The Kier molecular flexibility index (Phi) is 6.05. The Hall–Kier alpha value is -6.63. The first kappa shape index (κ1) is 28.2. The minimum absolute atomic E-state index is 0.234. The van der Waals surface area contributed by atoms with Crippen molar-refractivity contribution >= 4 is 71.7 Å². The van der Waals surface area contributed by atoms with Crippen molar-refractivity contribution in [2.45, 2.75) is 12.3 Å². The summed E-state index contributed by atoms with van der Waals surface area (Å²) < 4.78 is 19.1. The second kappa shape index (κ2) is 10.9. The summed E-state index contributed by atoms with van der Waals surface area (Å²) in [5, 5.41) is 14.0. The number of nitrogens with one attached hydrogen (secondary N) is 2. The van der Waals surface area contributed by atoms with Crippen molar-refractivity contribution in [2.24, 2.45) is 4.99 Å². The predicted molar refractivity (Wildman–Crippen MR) is 205 cm³/mol. The summed E-state index contributed by atoms with van der Waals surface area (Å²) in [5.74, 6) is 0.822. The van der Waals surface area contributed by atoms with Gasteiger partial charge in [-0.15, -0.1) is 0 Å². The van der Waals surface area contributed by atoms with Gasteiger partial charge in [-0.1, -0.05) is 115 Å². The van der Waals surface area contributed by atoms with E-state index in [1.807, 2.05) is 48.5 Å². The molecule has 6 nitrogen and oxygen atoms in total. The SMILES string of the molecule is c1ccc(C2=NC(c3ccc4c(c3)oc3ccc(-c5cccc6c5oc5ccccc56)cc34)NC(c3cccc4oc5ccccc5c34)N2)cc1. The zero-order valence-corrected chi connectivity index (χ0v) is 27.3. The second-order valence-electron chi connectivity index (χ2n) is 13.2. The highest BCUT2D eigenvalue weighted by Gasteiger charge is 2.28. The summed E-state index contributed by atoms with van der Waals surface area (Å²) in [4.78, 5) is 5.21. The average molecular weight is 660 g/mol. The van der Waals surface area contributed by atoms with Crippen LogP contribution >= 0.6 is 0 Å². The third-order valence-electron chi connectivity index (χ3n) is 10.2. The Balaban J connectivity index is 1.01. The van der Waals surface area contributed by atoms with E-state index in [2.05, 4.69) is 114 Å². The van der Waals surface area contributed by atoms with Gasteiger partial charge in [0.05, 0.1) is 0 Å². The molecule has 51 heavy (non-hydrogen) atoms. The molecule has 0 aliphatic carbocycles. The van der Waals surface area contributed by atoms with Gasteiger partial charge in [-0.25, -0.2) is 4.99 Å². The van der Waals surface area contributed by atoms with E-state index in [1.54, 1.807) is 0 Å². The van der Waals surface area contributed by atoms with E-state index < -0.39 is 0 Å². The van der Waals surface area contributed by atoms with Crippen LogP contribution in [0, 0.1) is 0 Å². The summed E-state index contributed by atoms with van der Waals surface area (Å²) in [6, 6.07) is 52.1. The van der Waals surface area contributed by atoms with E-state index in [9.17, 15) is 0 Å². The summed E-state index contributed by atoms with van der Waals surface area (Å²) in [6.45, 7) is 0. The van der Waals surface area contributed by atoms with Crippen LogP contribution in [0.25, 0.3) is 76.9 Å². The standard InChI is InChI=1S/C45H29N3O3/c1-2-10-26(11-3-1)43-46-44(48-45(47-43)34-16-9-19-39-41(34)33-13-5-7-18-37(33)49-39)28-20-22-31-35-24-27(21-23-38(35)50-40(31)25-28)29-14-8-15-32-30-12-4-6-17-36(30)51-42(29)32/h1-25,44-45,48H,(H,46,47). The molecule has 242 valence electrons. The van der Waals surface area contributed by atoms with Crippen molar-refractivity contribution < 1.29 is 13.3 Å². The summed E-state index contributed by atoms with van der Waals surface area (Å²) in [6.07, 6.45) is -0.568. The smallest absolute Gasteiger partial charge is 0.143 e. The van der Waals surface area contributed by atoms with Crippen molar-refractivity contribution in [3.8, 4) is 11.1 Å². The number of amidine groups is 1. The lowest BCUT2D eigenvalue weighted by Gasteiger charge is -2.32. The lowest BCUT2D eigenvalue weighted by atomic mass is 9.99. The van der Waals surface area contributed by atoms with Crippen molar-refractivity contribution in [1.82, 2.24) is 10.6 Å². The van der Waals surface area contributed by atoms with E-state index in [0.29, 0.717) is 0 Å². The molecule has 3 aromatic heterocycles. The van der Waals surface area contributed by atoms with Gasteiger partial charge >= 0.3 is 0 Å². The molecule has 4 heterocycles. The summed E-state index contributed by atoms with van der Waals surface area (Å²) >= 11 is 0. The van der Waals surface area contributed by atoms with Crippen LogP contribution < -0.4 is 10.6 Å². The van der Waals surface area contributed by atoms with Gasteiger partial charge in [-0.2, -0.15) is 0 Å². The molecule has 0 fully saturated rings. The van der Waals surface area contributed by atoms with Gasteiger partial charge in [0.25, 0.3) is 0 Å². The molecule has 0 saturated heterocycles. The first-order valence-electron chi connectivity index (χ1n) is 17.2. The highest BCUT2D eigenvalue weighted by molar-refractivity contribution is 6.12. The molecule has 0 radical (unpaired) electrons. The predicted octanol–water partition coefficient (Wildman–Crippen LogP) is 11.4. The van der Waals surface area contributed by atoms with Crippen LogP contribution in [0.3, 0.4) is 0 Å². The summed E-state index contributed by atoms with van der Waals surface area (Å²) in [5.41, 5.74) is 10.5. The number of benzene rings is 7. The van der Waals surface area contributed by atoms with Crippen LogP contribution in [-0.4, -0.2) is 5.84 Å². The van der Waals surface area contributed by atoms with E-state index in [-0.39, 0.29) is 12.3 Å². The number of nitrogens with zero attached hydrogens (tertiary/aromatic N) is 1. The molecule has 0 saturated carbocycles. The minimum Gasteiger partial charge on any atom is -0.456 e. The van der Waals surface area contributed by atoms with Gasteiger partial charge in [-0.05, 0) is 47.5 Å². The van der Waals surface area contributed by atoms with Crippen LogP contribution in [0.4, 0.5) is 0 Å². The number of aliphatic imine (C=N–C) groups is 1. The Morgan fingerprint density at radius 3 is 2.08 bits per heavy atom. The van der Waals surface area contributed by atoms with Crippen LogP contribution in [0.5, 0.6) is 0 Å². The van der Waals surface area contributed by atoms with Gasteiger partial charge in [0.1, 0.15) is 51.7 Å². The fraction of sp³-hybridized carbons (Fsp3) is 0.0444. The molecule has 1 aliphatic heterocycles. The average Bonchev–Trinajstić information content (AvgIpc) is 3.88. The fourth-order valence-electron chi connectivity index (χ4n) is 7.78. The third kappa shape index (κ3) is 4.43. The number of para-hydroxylation sites is 3. The first-order valence-corrected chi connectivity index (χ1v) is 17.2.